The highest BCUT2D eigenvalue weighted by atomic mass is 19.2. The molecule has 0 spiro atoms. The average Bonchev–Trinajstić information content (AvgIpc) is 2.93. The Balaban J connectivity index is 1.45. The second-order valence-electron chi connectivity index (χ2n) is 10.5. The van der Waals surface area contributed by atoms with Crippen molar-refractivity contribution in [3.63, 3.8) is 0 Å². The highest BCUT2D eigenvalue weighted by molar-refractivity contribution is 5.65. The van der Waals surface area contributed by atoms with Crippen LogP contribution in [0.5, 0.6) is 5.75 Å². The van der Waals surface area contributed by atoms with Crippen LogP contribution in [0.3, 0.4) is 0 Å². The van der Waals surface area contributed by atoms with Crippen LogP contribution in [0.1, 0.15) is 103 Å². The molecule has 1 fully saturated rings. The number of halogens is 3. The molecule has 1 saturated heterocycles. The molecule has 2 aromatic carbocycles. The van der Waals surface area contributed by atoms with Crippen LogP contribution in [0.2, 0.25) is 0 Å². The molecule has 1 heterocycles. The summed E-state index contributed by atoms with van der Waals surface area (Å²) in [7, 11) is 0. The zero-order chi connectivity index (χ0) is 27.2. The van der Waals surface area contributed by atoms with Crippen LogP contribution in [0, 0.1) is 17.6 Å². The van der Waals surface area contributed by atoms with E-state index in [4.69, 9.17) is 14.2 Å². The SMILES string of the molecule is CCCCCCCCC1COC(c2ccc(-c3ccc(OCCCCC(F)CCC)c(F)c3F)cc2)OC1. The molecule has 6 heteroatoms. The first-order chi connectivity index (χ1) is 18.5. The van der Waals surface area contributed by atoms with Crippen molar-refractivity contribution < 1.29 is 27.4 Å². The summed E-state index contributed by atoms with van der Waals surface area (Å²) in [4.78, 5) is 0. The van der Waals surface area contributed by atoms with Crippen molar-refractivity contribution in [3.8, 4) is 16.9 Å². The minimum atomic E-state index is -1.00. The molecule has 1 aliphatic rings. The Kier molecular flexibility index (Phi) is 13.5. The Morgan fingerprint density at radius 3 is 2.21 bits per heavy atom. The van der Waals surface area contributed by atoms with Gasteiger partial charge in [0.1, 0.15) is 6.17 Å². The largest absolute Gasteiger partial charge is 0.490 e. The van der Waals surface area contributed by atoms with E-state index in [2.05, 4.69) is 6.92 Å². The van der Waals surface area contributed by atoms with Gasteiger partial charge < -0.3 is 14.2 Å². The highest BCUT2D eigenvalue weighted by Gasteiger charge is 2.24. The highest BCUT2D eigenvalue weighted by Crippen LogP contribution is 2.32. The summed E-state index contributed by atoms with van der Waals surface area (Å²) in [6.07, 6.45) is 10.7. The maximum Gasteiger partial charge on any atom is 0.201 e. The van der Waals surface area contributed by atoms with E-state index in [0.29, 0.717) is 50.4 Å². The van der Waals surface area contributed by atoms with Crippen molar-refractivity contribution in [2.45, 2.75) is 103 Å². The predicted octanol–water partition coefficient (Wildman–Crippen LogP) is 9.73. The zero-order valence-corrected chi connectivity index (χ0v) is 23.2. The smallest absolute Gasteiger partial charge is 0.201 e. The fourth-order valence-corrected chi connectivity index (χ4v) is 4.91. The number of alkyl halides is 1. The number of unbranched alkanes of at least 4 members (excludes halogenated alkanes) is 6. The van der Waals surface area contributed by atoms with Crippen LogP contribution >= 0.6 is 0 Å². The first kappa shape index (κ1) is 30.5. The van der Waals surface area contributed by atoms with Gasteiger partial charge in [0.15, 0.2) is 17.9 Å². The lowest BCUT2D eigenvalue weighted by molar-refractivity contribution is -0.206. The van der Waals surface area contributed by atoms with Gasteiger partial charge in [-0.1, -0.05) is 83.1 Å². The second kappa shape index (κ2) is 16.8. The maximum absolute atomic E-state index is 14.8. The van der Waals surface area contributed by atoms with Gasteiger partial charge in [-0.25, -0.2) is 8.78 Å². The van der Waals surface area contributed by atoms with E-state index in [0.717, 1.165) is 18.4 Å². The first-order valence-electron chi connectivity index (χ1n) is 14.6. The third-order valence-electron chi connectivity index (χ3n) is 7.24. The van der Waals surface area contributed by atoms with Crippen LogP contribution in [-0.2, 0) is 9.47 Å². The van der Waals surface area contributed by atoms with Gasteiger partial charge in [-0.2, -0.15) is 4.39 Å². The van der Waals surface area contributed by atoms with Gasteiger partial charge in [0.05, 0.1) is 19.8 Å². The lowest BCUT2D eigenvalue weighted by atomic mass is 10.00. The molecule has 0 N–H and O–H groups in total. The third-order valence-corrected chi connectivity index (χ3v) is 7.24. The molecule has 3 nitrogen and oxygen atoms in total. The lowest BCUT2D eigenvalue weighted by Crippen LogP contribution is -2.27. The third kappa shape index (κ3) is 9.60. The van der Waals surface area contributed by atoms with E-state index in [1.807, 2.05) is 19.1 Å². The minimum Gasteiger partial charge on any atom is -0.490 e. The van der Waals surface area contributed by atoms with E-state index < -0.39 is 24.1 Å². The van der Waals surface area contributed by atoms with E-state index in [-0.39, 0.29) is 17.9 Å². The Hall–Kier alpha value is -2.05. The summed E-state index contributed by atoms with van der Waals surface area (Å²) in [6, 6.07) is 10.2. The number of rotatable bonds is 17. The summed E-state index contributed by atoms with van der Waals surface area (Å²) in [5, 5.41) is 0. The number of hydrogen-bond acceptors (Lipinski definition) is 3. The predicted molar refractivity (Wildman–Crippen MR) is 147 cm³/mol. The van der Waals surface area contributed by atoms with Gasteiger partial charge >= 0.3 is 0 Å². The van der Waals surface area contributed by atoms with E-state index in [1.165, 1.54) is 50.7 Å². The quantitative estimate of drug-likeness (QED) is 0.189. The van der Waals surface area contributed by atoms with Gasteiger partial charge in [0, 0.05) is 17.0 Å². The molecule has 0 aliphatic carbocycles. The number of ether oxygens (including phenoxy) is 3. The van der Waals surface area contributed by atoms with Crippen LogP contribution in [0.4, 0.5) is 13.2 Å². The summed E-state index contributed by atoms with van der Waals surface area (Å²) in [5.41, 5.74) is 1.60. The Bertz CT molecular complexity index is 926. The summed E-state index contributed by atoms with van der Waals surface area (Å²) < 4.78 is 60.4. The molecule has 0 bridgehead atoms. The van der Waals surface area contributed by atoms with Crippen molar-refractivity contribution >= 4 is 0 Å². The van der Waals surface area contributed by atoms with Crippen LogP contribution in [0.15, 0.2) is 36.4 Å². The standard InChI is InChI=1S/C32H45F3O3/c1-3-5-6-7-8-9-13-24-22-37-32(38-23-24)26-17-15-25(16-18-26)28-19-20-29(31(35)30(28)34)36-21-11-10-14-27(33)12-4-2/h15-20,24,27,32H,3-14,21-23H2,1-2H3. The summed E-state index contributed by atoms with van der Waals surface area (Å²) in [6.45, 7) is 5.77. The fourth-order valence-electron chi connectivity index (χ4n) is 4.91. The molecule has 1 unspecified atom stereocenters. The lowest BCUT2D eigenvalue weighted by Gasteiger charge is -2.29. The van der Waals surface area contributed by atoms with Crippen LogP contribution in [-0.4, -0.2) is 26.0 Å². The normalized spacial score (nSPS) is 18.4. The Morgan fingerprint density at radius 2 is 1.50 bits per heavy atom. The van der Waals surface area contributed by atoms with Crippen molar-refractivity contribution in [2.75, 3.05) is 19.8 Å². The van der Waals surface area contributed by atoms with E-state index >= 15 is 0 Å². The second-order valence-corrected chi connectivity index (χ2v) is 10.5. The molecule has 3 rings (SSSR count). The van der Waals surface area contributed by atoms with Gasteiger partial charge in [-0.3, -0.25) is 0 Å². The van der Waals surface area contributed by atoms with Crippen molar-refractivity contribution in [2.24, 2.45) is 5.92 Å². The molecule has 0 radical (unpaired) electrons. The molecule has 1 aliphatic heterocycles. The van der Waals surface area contributed by atoms with Crippen molar-refractivity contribution in [1.29, 1.82) is 0 Å². The molecule has 212 valence electrons. The summed E-state index contributed by atoms with van der Waals surface area (Å²) >= 11 is 0. The molecule has 0 saturated carbocycles. The molecule has 2 aromatic rings. The summed E-state index contributed by atoms with van der Waals surface area (Å²) in [5.74, 6) is -1.63. The Labute approximate surface area is 227 Å². The van der Waals surface area contributed by atoms with Crippen LogP contribution < -0.4 is 4.74 Å². The molecule has 1 atom stereocenters. The molecule has 0 aromatic heterocycles. The van der Waals surface area contributed by atoms with Gasteiger partial charge in [-0.05, 0) is 49.8 Å². The average molecular weight is 535 g/mol. The maximum atomic E-state index is 14.8. The van der Waals surface area contributed by atoms with Crippen molar-refractivity contribution in [1.82, 2.24) is 0 Å². The monoisotopic (exact) mass is 534 g/mol. The molecular formula is C32H45F3O3. The number of hydrogen-bond donors (Lipinski definition) is 0. The topological polar surface area (TPSA) is 27.7 Å². The molecular weight excluding hydrogens is 489 g/mol. The minimum absolute atomic E-state index is 0.118. The molecule has 0 amide bonds. The Morgan fingerprint density at radius 1 is 0.789 bits per heavy atom. The number of benzene rings is 2. The van der Waals surface area contributed by atoms with Gasteiger partial charge in [0.25, 0.3) is 0 Å². The van der Waals surface area contributed by atoms with Gasteiger partial charge in [0.2, 0.25) is 5.82 Å². The van der Waals surface area contributed by atoms with E-state index in [9.17, 15) is 13.2 Å². The molecule has 38 heavy (non-hydrogen) atoms. The fraction of sp³-hybridized carbons (Fsp3) is 0.625. The van der Waals surface area contributed by atoms with E-state index in [1.54, 1.807) is 12.1 Å². The first-order valence-corrected chi connectivity index (χ1v) is 14.6. The zero-order valence-electron chi connectivity index (χ0n) is 23.2. The van der Waals surface area contributed by atoms with Crippen molar-refractivity contribution in [3.05, 3.63) is 53.6 Å². The van der Waals surface area contributed by atoms with Crippen LogP contribution in [0.25, 0.3) is 11.1 Å². The van der Waals surface area contributed by atoms with Gasteiger partial charge in [-0.15, -0.1) is 0 Å².